The van der Waals surface area contributed by atoms with Gasteiger partial charge < -0.3 is 10.0 Å². The molecule has 0 aromatic heterocycles. The Balaban J connectivity index is 2.04. The van der Waals surface area contributed by atoms with E-state index in [1.807, 2.05) is 11.8 Å². The van der Waals surface area contributed by atoms with Crippen LogP contribution in [0.15, 0.2) is 18.2 Å². The lowest BCUT2D eigenvalue weighted by Gasteiger charge is -2.38. The van der Waals surface area contributed by atoms with Gasteiger partial charge >= 0.3 is 5.97 Å². The van der Waals surface area contributed by atoms with Gasteiger partial charge in [0.1, 0.15) is 17.7 Å². The average Bonchev–Trinajstić information content (AvgIpc) is 2.43. The highest BCUT2D eigenvalue weighted by Gasteiger charge is 2.28. The van der Waals surface area contributed by atoms with E-state index >= 15 is 0 Å². The number of aliphatic carboxylic acids is 1. The van der Waals surface area contributed by atoms with Crippen LogP contribution in [-0.2, 0) is 4.79 Å². The van der Waals surface area contributed by atoms with E-state index in [9.17, 15) is 13.6 Å². The summed E-state index contributed by atoms with van der Waals surface area (Å²) in [4.78, 5) is 14.7. The number of carbonyl (C=O) groups is 1. The Labute approximate surface area is 116 Å². The van der Waals surface area contributed by atoms with Gasteiger partial charge in [-0.2, -0.15) is 0 Å². The van der Waals surface area contributed by atoms with E-state index in [4.69, 9.17) is 5.11 Å². The molecule has 1 N–H and O–H groups in total. The zero-order valence-corrected chi connectivity index (χ0v) is 11.4. The van der Waals surface area contributed by atoms with Crippen molar-refractivity contribution in [1.29, 1.82) is 0 Å². The first kappa shape index (κ1) is 14.7. The highest BCUT2D eigenvalue weighted by Crippen LogP contribution is 2.22. The maximum atomic E-state index is 13.7. The minimum Gasteiger partial charge on any atom is -0.480 e. The number of nitrogens with zero attached hydrogens (tertiary/aromatic N) is 2. The summed E-state index contributed by atoms with van der Waals surface area (Å²) < 4.78 is 26.9. The van der Waals surface area contributed by atoms with E-state index in [-0.39, 0.29) is 5.69 Å². The van der Waals surface area contributed by atoms with Crippen LogP contribution in [0.5, 0.6) is 0 Å². The van der Waals surface area contributed by atoms with E-state index in [1.54, 1.807) is 4.90 Å². The second kappa shape index (κ2) is 6.17. The number of piperazine rings is 1. The predicted octanol–water partition coefficient (Wildman–Crippen LogP) is 1.95. The first-order valence-corrected chi connectivity index (χ1v) is 6.69. The number of carboxylic acid groups (broad SMARTS) is 1. The molecule has 110 valence electrons. The van der Waals surface area contributed by atoms with E-state index in [0.717, 1.165) is 12.1 Å². The molecule has 0 aliphatic carbocycles. The Hall–Kier alpha value is -1.69. The van der Waals surface area contributed by atoms with Gasteiger partial charge in [-0.3, -0.25) is 9.69 Å². The summed E-state index contributed by atoms with van der Waals surface area (Å²) in [6.07, 6.45) is 0.531. The second-order valence-electron chi connectivity index (χ2n) is 4.88. The number of carboxylic acids is 1. The molecule has 1 saturated heterocycles. The third kappa shape index (κ3) is 3.07. The first-order valence-electron chi connectivity index (χ1n) is 6.69. The van der Waals surface area contributed by atoms with Crippen LogP contribution < -0.4 is 4.90 Å². The van der Waals surface area contributed by atoms with Crippen LogP contribution in [0.2, 0.25) is 0 Å². The zero-order valence-electron chi connectivity index (χ0n) is 11.4. The Morgan fingerprint density at radius 3 is 2.50 bits per heavy atom. The van der Waals surface area contributed by atoms with Crippen LogP contribution in [0.1, 0.15) is 13.3 Å². The maximum Gasteiger partial charge on any atom is 0.320 e. The van der Waals surface area contributed by atoms with Crippen LogP contribution in [0.3, 0.4) is 0 Å². The molecule has 0 spiro atoms. The number of hydrogen-bond acceptors (Lipinski definition) is 3. The summed E-state index contributed by atoms with van der Waals surface area (Å²) in [6.45, 7) is 3.87. The topological polar surface area (TPSA) is 43.8 Å². The van der Waals surface area contributed by atoms with Gasteiger partial charge in [-0.25, -0.2) is 8.78 Å². The van der Waals surface area contributed by atoms with Gasteiger partial charge in [-0.1, -0.05) is 6.92 Å². The van der Waals surface area contributed by atoms with Crippen molar-refractivity contribution in [3.63, 3.8) is 0 Å². The highest BCUT2D eigenvalue weighted by atomic mass is 19.1. The molecular formula is C14H18F2N2O2. The number of hydrogen-bond donors (Lipinski definition) is 1. The molecule has 1 aromatic rings. The summed E-state index contributed by atoms with van der Waals surface area (Å²) in [5, 5.41) is 9.12. The lowest BCUT2D eigenvalue weighted by atomic mass is 10.1. The third-order valence-electron chi connectivity index (χ3n) is 3.68. The molecule has 1 heterocycles. The number of halogens is 2. The zero-order chi connectivity index (χ0) is 14.7. The molecule has 0 radical (unpaired) electrons. The lowest BCUT2D eigenvalue weighted by molar-refractivity contribution is -0.143. The van der Waals surface area contributed by atoms with Crippen molar-refractivity contribution >= 4 is 11.7 Å². The normalized spacial score (nSPS) is 18.1. The van der Waals surface area contributed by atoms with E-state index in [2.05, 4.69) is 0 Å². The Morgan fingerprint density at radius 2 is 1.95 bits per heavy atom. The molecule has 1 aromatic carbocycles. The Bertz CT molecular complexity index is 488. The van der Waals surface area contributed by atoms with Crippen LogP contribution >= 0.6 is 0 Å². The van der Waals surface area contributed by atoms with E-state index in [1.165, 1.54) is 6.07 Å². The molecule has 2 rings (SSSR count). The molecule has 0 bridgehead atoms. The fraction of sp³-hybridized carbons (Fsp3) is 0.500. The molecular weight excluding hydrogens is 266 g/mol. The van der Waals surface area contributed by atoms with Crippen LogP contribution in [-0.4, -0.2) is 48.2 Å². The van der Waals surface area contributed by atoms with Crippen molar-refractivity contribution in [1.82, 2.24) is 4.90 Å². The van der Waals surface area contributed by atoms with Gasteiger partial charge in [0.25, 0.3) is 0 Å². The predicted molar refractivity (Wildman–Crippen MR) is 71.9 cm³/mol. The van der Waals surface area contributed by atoms with Gasteiger partial charge in [0.05, 0.1) is 5.69 Å². The molecule has 1 aliphatic rings. The number of benzene rings is 1. The van der Waals surface area contributed by atoms with Crippen LogP contribution in [0.25, 0.3) is 0 Å². The van der Waals surface area contributed by atoms with Gasteiger partial charge in [0.15, 0.2) is 0 Å². The monoisotopic (exact) mass is 284 g/mol. The van der Waals surface area contributed by atoms with Crippen molar-refractivity contribution in [3.8, 4) is 0 Å². The molecule has 0 amide bonds. The molecule has 6 heteroatoms. The van der Waals surface area contributed by atoms with Gasteiger partial charge in [-0.15, -0.1) is 0 Å². The maximum absolute atomic E-state index is 13.7. The SMILES string of the molecule is CC[C@H](C(=O)O)N1CCN(c2cc(F)ccc2F)CC1. The van der Waals surface area contributed by atoms with E-state index < -0.39 is 23.6 Å². The van der Waals surface area contributed by atoms with Crippen molar-refractivity contribution < 1.29 is 18.7 Å². The fourth-order valence-electron chi connectivity index (χ4n) is 2.59. The third-order valence-corrected chi connectivity index (χ3v) is 3.68. The Kier molecular flexibility index (Phi) is 4.54. The van der Waals surface area contributed by atoms with Gasteiger partial charge in [0.2, 0.25) is 0 Å². The largest absolute Gasteiger partial charge is 0.480 e. The summed E-state index contributed by atoms with van der Waals surface area (Å²) in [7, 11) is 0. The summed E-state index contributed by atoms with van der Waals surface area (Å²) in [5.74, 6) is -1.76. The minimum atomic E-state index is -0.835. The van der Waals surface area contributed by atoms with Crippen molar-refractivity contribution in [3.05, 3.63) is 29.8 Å². The molecule has 0 unspecified atom stereocenters. The lowest BCUT2D eigenvalue weighted by Crippen LogP contribution is -2.52. The van der Waals surface area contributed by atoms with Crippen molar-refractivity contribution in [2.75, 3.05) is 31.1 Å². The standard InChI is InChI=1S/C14H18F2N2O2/c1-2-12(14(19)20)17-5-7-18(8-6-17)13-9-10(15)3-4-11(13)16/h3-4,9,12H,2,5-8H2,1H3,(H,19,20)/t12-/m1/s1. The fourth-order valence-corrected chi connectivity index (χ4v) is 2.59. The molecule has 1 fully saturated rings. The first-order chi connectivity index (χ1) is 9.52. The van der Waals surface area contributed by atoms with Crippen LogP contribution in [0, 0.1) is 11.6 Å². The molecule has 0 saturated carbocycles. The van der Waals surface area contributed by atoms with Crippen molar-refractivity contribution in [2.24, 2.45) is 0 Å². The summed E-state index contributed by atoms with van der Waals surface area (Å²) in [6, 6.07) is 2.88. The van der Waals surface area contributed by atoms with Crippen molar-refractivity contribution in [2.45, 2.75) is 19.4 Å². The van der Waals surface area contributed by atoms with E-state index in [0.29, 0.717) is 32.6 Å². The molecule has 4 nitrogen and oxygen atoms in total. The number of anilines is 1. The van der Waals surface area contributed by atoms with Crippen LogP contribution in [0.4, 0.5) is 14.5 Å². The summed E-state index contributed by atoms with van der Waals surface area (Å²) >= 11 is 0. The quantitative estimate of drug-likeness (QED) is 0.918. The molecule has 20 heavy (non-hydrogen) atoms. The molecule has 1 aliphatic heterocycles. The number of rotatable bonds is 4. The highest BCUT2D eigenvalue weighted by molar-refractivity contribution is 5.73. The Morgan fingerprint density at radius 1 is 1.30 bits per heavy atom. The average molecular weight is 284 g/mol. The molecule has 1 atom stereocenters. The second-order valence-corrected chi connectivity index (χ2v) is 4.88. The minimum absolute atomic E-state index is 0.244. The summed E-state index contributed by atoms with van der Waals surface area (Å²) in [5.41, 5.74) is 0.244. The van der Waals surface area contributed by atoms with Gasteiger partial charge in [-0.05, 0) is 18.6 Å². The van der Waals surface area contributed by atoms with Gasteiger partial charge in [0, 0.05) is 32.2 Å². The smallest absolute Gasteiger partial charge is 0.320 e.